The first-order valence-corrected chi connectivity index (χ1v) is 12.2. The molecule has 4 heterocycles. The predicted octanol–water partition coefficient (Wildman–Crippen LogP) is 2.64. The van der Waals surface area contributed by atoms with Gasteiger partial charge in [0.1, 0.15) is 0 Å². The Hall–Kier alpha value is -1.52. The number of fused-ring (bicyclic) bond motifs is 1. The molecule has 10 heteroatoms. The lowest BCUT2D eigenvalue weighted by Crippen LogP contribution is -2.46. The van der Waals surface area contributed by atoms with Crippen LogP contribution in [0.3, 0.4) is 0 Å². The van der Waals surface area contributed by atoms with Gasteiger partial charge in [0.05, 0.1) is 30.0 Å². The molecule has 2 fully saturated rings. The molecule has 2 saturated heterocycles. The summed E-state index contributed by atoms with van der Waals surface area (Å²) >= 11 is 7.99. The molecule has 170 valence electrons. The Balaban J connectivity index is 1.32. The summed E-state index contributed by atoms with van der Waals surface area (Å²) in [5.74, 6) is 0.839. The molecule has 0 unspecified atom stereocenters. The second-order valence-corrected chi connectivity index (χ2v) is 9.34. The Morgan fingerprint density at radius 1 is 1.16 bits per heavy atom. The van der Waals surface area contributed by atoms with Gasteiger partial charge in [0.25, 0.3) is 0 Å². The van der Waals surface area contributed by atoms with Crippen LogP contribution in [0.2, 0.25) is 5.28 Å². The van der Waals surface area contributed by atoms with Crippen LogP contribution in [0.25, 0.3) is 10.2 Å². The summed E-state index contributed by atoms with van der Waals surface area (Å²) in [4.78, 5) is 28.9. The predicted molar refractivity (Wildman–Crippen MR) is 123 cm³/mol. The summed E-state index contributed by atoms with van der Waals surface area (Å²) in [6, 6.07) is 2.16. The molecule has 0 amide bonds. The van der Waals surface area contributed by atoms with Crippen LogP contribution in [0.4, 0.5) is 5.82 Å². The highest BCUT2D eigenvalue weighted by Crippen LogP contribution is 2.34. The average molecular weight is 468 g/mol. The lowest BCUT2D eigenvalue weighted by Gasteiger charge is -2.34. The first-order chi connectivity index (χ1) is 15.1. The SMILES string of the molecule is CCOC(=O)CCCN1CCN(Cc2cc3nc(Cl)nc(N4CCOCC4)c3s2)CC1. The quantitative estimate of drug-likeness (QED) is 0.433. The normalized spacial score (nSPS) is 18.6. The molecule has 0 aromatic carbocycles. The van der Waals surface area contributed by atoms with Crippen LogP contribution in [-0.4, -0.2) is 91.4 Å². The highest BCUT2D eigenvalue weighted by Gasteiger charge is 2.21. The molecular weight excluding hydrogens is 438 g/mol. The molecule has 8 nitrogen and oxygen atoms in total. The zero-order valence-corrected chi connectivity index (χ0v) is 19.6. The molecule has 2 aromatic rings. The second-order valence-electron chi connectivity index (χ2n) is 7.87. The fourth-order valence-electron chi connectivity index (χ4n) is 4.08. The van der Waals surface area contributed by atoms with E-state index in [0.29, 0.717) is 31.5 Å². The third kappa shape index (κ3) is 6.04. The van der Waals surface area contributed by atoms with Gasteiger partial charge in [0.15, 0.2) is 5.82 Å². The van der Waals surface area contributed by atoms with Gasteiger partial charge in [-0.25, -0.2) is 4.98 Å². The van der Waals surface area contributed by atoms with Crippen molar-refractivity contribution in [2.24, 2.45) is 0 Å². The van der Waals surface area contributed by atoms with Gasteiger partial charge >= 0.3 is 5.97 Å². The third-order valence-corrected chi connectivity index (χ3v) is 6.97. The Labute approximate surface area is 192 Å². The van der Waals surface area contributed by atoms with Gasteiger partial charge in [0, 0.05) is 57.1 Å². The first-order valence-electron chi connectivity index (χ1n) is 11.0. The molecule has 0 saturated carbocycles. The number of nitrogens with zero attached hydrogens (tertiary/aromatic N) is 5. The Morgan fingerprint density at radius 2 is 1.90 bits per heavy atom. The average Bonchev–Trinajstić information content (AvgIpc) is 3.17. The largest absolute Gasteiger partial charge is 0.466 e. The highest BCUT2D eigenvalue weighted by molar-refractivity contribution is 7.19. The van der Waals surface area contributed by atoms with Crippen LogP contribution in [0.5, 0.6) is 0 Å². The van der Waals surface area contributed by atoms with E-state index in [1.54, 1.807) is 11.3 Å². The molecule has 2 aliphatic heterocycles. The molecule has 0 spiro atoms. The number of hydrogen-bond donors (Lipinski definition) is 0. The summed E-state index contributed by atoms with van der Waals surface area (Å²) in [5.41, 5.74) is 0.930. The van der Waals surface area contributed by atoms with Crippen molar-refractivity contribution in [3.8, 4) is 0 Å². The molecule has 0 radical (unpaired) electrons. The minimum Gasteiger partial charge on any atom is -0.466 e. The maximum absolute atomic E-state index is 11.5. The van der Waals surface area contributed by atoms with E-state index in [1.165, 1.54) is 4.88 Å². The van der Waals surface area contributed by atoms with Crippen molar-refractivity contribution in [3.05, 3.63) is 16.2 Å². The van der Waals surface area contributed by atoms with Crippen LogP contribution in [0.15, 0.2) is 6.07 Å². The fraction of sp³-hybridized carbons (Fsp3) is 0.667. The topological polar surface area (TPSA) is 71.0 Å². The molecule has 0 bridgehead atoms. The zero-order chi connectivity index (χ0) is 21.6. The first kappa shape index (κ1) is 22.7. The van der Waals surface area contributed by atoms with E-state index in [0.717, 1.165) is 74.8 Å². The van der Waals surface area contributed by atoms with Crippen LogP contribution in [-0.2, 0) is 20.8 Å². The van der Waals surface area contributed by atoms with Gasteiger partial charge in [-0.15, -0.1) is 11.3 Å². The van der Waals surface area contributed by atoms with E-state index in [-0.39, 0.29) is 5.97 Å². The van der Waals surface area contributed by atoms with Crippen molar-refractivity contribution in [2.75, 3.05) is 70.5 Å². The Morgan fingerprint density at radius 3 is 2.65 bits per heavy atom. The van der Waals surface area contributed by atoms with Crippen molar-refractivity contribution >= 4 is 44.9 Å². The van der Waals surface area contributed by atoms with E-state index < -0.39 is 0 Å². The Bertz CT molecular complexity index is 881. The number of rotatable bonds is 8. The number of piperazine rings is 1. The molecular formula is C21H30ClN5O3S. The maximum atomic E-state index is 11.5. The van der Waals surface area contributed by atoms with Crippen molar-refractivity contribution in [2.45, 2.75) is 26.3 Å². The smallest absolute Gasteiger partial charge is 0.305 e. The molecule has 0 aliphatic carbocycles. The van der Waals surface area contributed by atoms with Crippen LogP contribution < -0.4 is 4.90 Å². The van der Waals surface area contributed by atoms with Crippen LogP contribution >= 0.6 is 22.9 Å². The van der Waals surface area contributed by atoms with Crippen LogP contribution in [0.1, 0.15) is 24.6 Å². The van der Waals surface area contributed by atoms with E-state index in [1.807, 2.05) is 6.92 Å². The maximum Gasteiger partial charge on any atom is 0.305 e. The minimum atomic E-state index is -0.0921. The number of esters is 1. The standard InChI is InChI=1S/C21H30ClN5O3S/c1-2-30-18(28)4-3-5-25-6-8-26(9-7-25)15-16-14-17-19(31-16)20(24-21(22)23-17)27-10-12-29-13-11-27/h14H,2-13,15H2,1H3. The molecule has 2 aliphatic rings. The van der Waals surface area contributed by atoms with E-state index >= 15 is 0 Å². The number of aromatic nitrogens is 2. The lowest BCUT2D eigenvalue weighted by molar-refractivity contribution is -0.143. The molecule has 0 N–H and O–H groups in total. The van der Waals surface area contributed by atoms with E-state index in [9.17, 15) is 4.79 Å². The summed E-state index contributed by atoms with van der Waals surface area (Å²) in [6.07, 6.45) is 1.36. The van der Waals surface area contributed by atoms with E-state index in [2.05, 4.69) is 30.7 Å². The van der Waals surface area contributed by atoms with Gasteiger partial charge in [0.2, 0.25) is 5.28 Å². The van der Waals surface area contributed by atoms with Crippen molar-refractivity contribution in [1.82, 2.24) is 19.8 Å². The summed E-state index contributed by atoms with van der Waals surface area (Å²) in [5, 5.41) is 0.301. The number of ether oxygens (including phenoxy) is 2. The number of carbonyl (C=O) groups excluding carboxylic acids is 1. The third-order valence-electron chi connectivity index (χ3n) is 5.69. The number of anilines is 1. The molecule has 0 atom stereocenters. The van der Waals surface area contributed by atoms with Crippen molar-refractivity contribution in [3.63, 3.8) is 0 Å². The van der Waals surface area contributed by atoms with Gasteiger partial charge in [-0.2, -0.15) is 4.98 Å². The van der Waals surface area contributed by atoms with E-state index in [4.69, 9.17) is 21.1 Å². The number of hydrogen-bond acceptors (Lipinski definition) is 9. The van der Waals surface area contributed by atoms with Gasteiger partial charge in [-0.1, -0.05) is 0 Å². The molecule has 31 heavy (non-hydrogen) atoms. The summed E-state index contributed by atoms with van der Waals surface area (Å²) in [7, 11) is 0. The Kier molecular flexibility index (Phi) is 7.95. The second kappa shape index (κ2) is 10.9. The minimum absolute atomic E-state index is 0.0921. The molecule has 4 rings (SSSR count). The zero-order valence-electron chi connectivity index (χ0n) is 18.0. The lowest BCUT2D eigenvalue weighted by atomic mass is 10.2. The summed E-state index contributed by atoms with van der Waals surface area (Å²) in [6.45, 7) is 11.4. The van der Waals surface area contributed by atoms with Crippen LogP contribution in [0, 0.1) is 0 Å². The van der Waals surface area contributed by atoms with Gasteiger partial charge in [-0.3, -0.25) is 9.69 Å². The molecule has 2 aromatic heterocycles. The number of carbonyl (C=O) groups is 1. The van der Waals surface area contributed by atoms with Crippen molar-refractivity contribution in [1.29, 1.82) is 0 Å². The number of morpholine rings is 1. The monoisotopic (exact) mass is 467 g/mol. The highest BCUT2D eigenvalue weighted by atomic mass is 35.5. The number of halogens is 1. The number of thiophene rings is 1. The van der Waals surface area contributed by atoms with Gasteiger partial charge in [-0.05, 0) is 37.6 Å². The fourth-order valence-corrected chi connectivity index (χ4v) is 5.40. The summed E-state index contributed by atoms with van der Waals surface area (Å²) < 4.78 is 11.6. The van der Waals surface area contributed by atoms with Gasteiger partial charge < -0.3 is 19.3 Å². The van der Waals surface area contributed by atoms with Crippen molar-refractivity contribution < 1.29 is 14.3 Å².